The second-order valence-electron chi connectivity index (χ2n) is 3.41. The largest absolute Gasteiger partial charge is 0.422 e. The van der Waals surface area contributed by atoms with Crippen LogP contribution in [0.5, 0.6) is 0 Å². The molecular weight excluding hydrogens is 208 g/mol. The Morgan fingerprint density at radius 2 is 1.73 bits per heavy atom. The zero-order chi connectivity index (χ0) is 11.1. The Kier molecular flexibility index (Phi) is 4.97. The van der Waals surface area contributed by atoms with Crippen LogP contribution in [0.15, 0.2) is 30.3 Å². The summed E-state index contributed by atoms with van der Waals surface area (Å²) in [6, 6.07) is 10.1. The first-order valence-corrected chi connectivity index (χ1v) is 5.71. The zero-order valence-corrected chi connectivity index (χ0v) is 11.5. The predicted octanol–water partition coefficient (Wildman–Crippen LogP) is 0.515. The molecule has 0 spiro atoms. The van der Waals surface area contributed by atoms with Gasteiger partial charge in [-0.05, 0) is 5.56 Å². The lowest BCUT2D eigenvalue weighted by Crippen LogP contribution is -2.41. The molecule has 0 aliphatic heterocycles. The average molecular weight is 226 g/mol. The Labute approximate surface area is 93.9 Å². The maximum absolute atomic E-state index is 5.41. The van der Waals surface area contributed by atoms with E-state index in [1.54, 1.807) is 14.2 Å². The molecule has 0 aliphatic rings. The lowest BCUT2D eigenvalue weighted by molar-refractivity contribution is -0.220. The van der Waals surface area contributed by atoms with Crippen LogP contribution in [-0.4, -0.2) is 37.1 Å². The summed E-state index contributed by atoms with van der Waals surface area (Å²) >= 11 is 0. The van der Waals surface area contributed by atoms with Crippen molar-refractivity contribution in [1.29, 1.82) is 0 Å². The van der Waals surface area contributed by atoms with Crippen molar-refractivity contribution in [3.8, 4) is 0 Å². The summed E-state index contributed by atoms with van der Waals surface area (Å²) in [6.45, 7) is 0.473. The SMILES string of the molecule is COC(CO[SiH3])(Cc1ccccc1)OC. The second-order valence-corrected chi connectivity index (χ2v) is 3.99. The molecule has 4 heteroatoms. The Balaban J connectivity index is 2.74. The van der Waals surface area contributed by atoms with Crippen molar-refractivity contribution >= 4 is 10.5 Å². The Bertz CT molecular complexity index is 272. The highest BCUT2D eigenvalue weighted by atomic mass is 28.2. The number of hydrogen-bond acceptors (Lipinski definition) is 3. The third-order valence-electron chi connectivity index (χ3n) is 2.42. The Hall–Kier alpha value is -0.683. The van der Waals surface area contributed by atoms with Gasteiger partial charge in [-0.15, -0.1) is 0 Å². The minimum Gasteiger partial charge on any atom is -0.422 e. The van der Waals surface area contributed by atoms with Gasteiger partial charge in [0.05, 0.1) is 6.61 Å². The van der Waals surface area contributed by atoms with Crippen LogP contribution in [-0.2, 0) is 20.3 Å². The molecule has 15 heavy (non-hydrogen) atoms. The van der Waals surface area contributed by atoms with Gasteiger partial charge in [0.25, 0.3) is 0 Å². The maximum Gasteiger partial charge on any atom is 0.193 e. The van der Waals surface area contributed by atoms with Gasteiger partial charge < -0.3 is 13.9 Å². The standard InChI is InChI=1S/C11H18O3Si/c1-12-11(13-2,9-14-15)8-10-6-4-3-5-7-10/h3-7H,8-9H2,1-2,15H3. The summed E-state index contributed by atoms with van der Waals surface area (Å²) in [4.78, 5) is 0. The molecule has 0 amide bonds. The smallest absolute Gasteiger partial charge is 0.193 e. The molecule has 0 aliphatic carbocycles. The van der Waals surface area contributed by atoms with Crippen molar-refractivity contribution in [2.24, 2.45) is 0 Å². The molecule has 0 fully saturated rings. The molecule has 1 rings (SSSR count). The molecular formula is C11H18O3Si. The van der Waals surface area contributed by atoms with E-state index in [2.05, 4.69) is 12.1 Å². The summed E-state index contributed by atoms with van der Waals surface area (Å²) in [5.41, 5.74) is 1.18. The van der Waals surface area contributed by atoms with Crippen LogP contribution < -0.4 is 0 Å². The zero-order valence-electron chi connectivity index (χ0n) is 9.53. The molecule has 0 atom stereocenters. The molecule has 84 valence electrons. The highest BCUT2D eigenvalue weighted by molar-refractivity contribution is 5.97. The number of benzene rings is 1. The van der Waals surface area contributed by atoms with Gasteiger partial charge >= 0.3 is 0 Å². The van der Waals surface area contributed by atoms with Crippen LogP contribution in [0.2, 0.25) is 0 Å². The molecule has 0 radical (unpaired) electrons. The minimum absolute atomic E-state index is 0.473. The first-order valence-electron chi connectivity index (χ1n) is 4.89. The first-order chi connectivity index (χ1) is 7.26. The van der Waals surface area contributed by atoms with Gasteiger partial charge in [0.2, 0.25) is 0 Å². The normalized spacial score (nSPS) is 11.9. The predicted molar refractivity (Wildman–Crippen MR) is 62.8 cm³/mol. The Morgan fingerprint density at radius 3 is 2.20 bits per heavy atom. The van der Waals surface area contributed by atoms with Crippen LogP contribution in [0.1, 0.15) is 5.56 Å². The molecule has 0 N–H and O–H groups in total. The second kappa shape index (κ2) is 6.02. The molecule has 0 bridgehead atoms. The van der Waals surface area contributed by atoms with Crippen molar-refractivity contribution in [2.75, 3.05) is 20.8 Å². The third kappa shape index (κ3) is 3.42. The van der Waals surface area contributed by atoms with Crippen molar-refractivity contribution in [1.82, 2.24) is 0 Å². The molecule has 3 nitrogen and oxygen atoms in total. The average Bonchev–Trinajstić information content (AvgIpc) is 2.30. The van der Waals surface area contributed by atoms with Gasteiger partial charge in [-0.25, -0.2) is 0 Å². The summed E-state index contributed by atoms with van der Waals surface area (Å²) in [5, 5.41) is 0. The lowest BCUT2D eigenvalue weighted by atomic mass is 10.1. The number of rotatable bonds is 6. The molecule has 0 saturated carbocycles. The van der Waals surface area contributed by atoms with Crippen molar-refractivity contribution in [3.63, 3.8) is 0 Å². The molecule has 1 aromatic carbocycles. The maximum atomic E-state index is 5.41. The van der Waals surface area contributed by atoms with E-state index in [1.807, 2.05) is 18.2 Å². The highest BCUT2D eigenvalue weighted by Gasteiger charge is 2.29. The van der Waals surface area contributed by atoms with Crippen LogP contribution >= 0.6 is 0 Å². The van der Waals surface area contributed by atoms with Gasteiger partial charge in [0, 0.05) is 20.6 Å². The van der Waals surface area contributed by atoms with Crippen LogP contribution in [0.3, 0.4) is 0 Å². The van der Waals surface area contributed by atoms with E-state index >= 15 is 0 Å². The number of methoxy groups -OCH3 is 2. The van der Waals surface area contributed by atoms with Crippen LogP contribution in [0, 0.1) is 0 Å². The van der Waals surface area contributed by atoms with Crippen molar-refractivity contribution in [3.05, 3.63) is 35.9 Å². The Morgan fingerprint density at radius 1 is 1.13 bits per heavy atom. The van der Waals surface area contributed by atoms with Crippen LogP contribution in [0.25, 0.3) is 0 Å². The monoisotopic (exact) mass is 226 g/mol. The van der Waals surface area contributed by atoms with Gasteiger partial charge in [0.15, 0.2) is 5.79 Å². The van der Waals surface area contributed by atoms with Gasteiger partial charge in [-0.1, -0.05) is 30.3 Å². The summed E-state index contributed by atoms with van der Waals surface area (Å²) < 4.78 is 16.1. The van der Waals surface area contributed by atoms with E-state index in [0.29, 0.717) is 23.5 Å². The van der Waals surface area contributed by atoms with Gasteiger partial charge in [0.1, 0.15) is 10.5 Å². The number of ether oxygens (including phenoxy) is 2. The van der Waals surface area contributed by atoms with E-state index in [4.69, 9.17) is 13.9 Å². The van der Waals surface area contributed by atoms with E-state index in [0.717, 1.165) is 0 Å². The summed E-state index contributed by atoms with van der Waals surface area (Å²) in [6.07, 6.45) is 0.698. The number of hydrogen-bond donors (Lipinski definition) is 0. The topological polar surface area (TPSA) is 27.7 Å². The summed E-state index contributed by atoms with van der Waals surface area (Å²) in [7, 11) is 3.98. The quantitative estimate of drug-likeness (QED) is 0.523. The molecule has 0 heterocycles. The van der Waals surface area contributed by atoms with E-state index in [-0.39, 0.29) is 0 Å². The molecule has 0 saturated heterocycles. The third-order valence-corrected chi connectivity index (χ3v) is 2.71. The van der Waals surface area contributed by atoms with E-state index < -0.39 is 5.79 Å². The first kappa shape index (κ1) is 12.4. The molecule has 1 aromatic rings. The van der Waals surface area contributed by atoms with E-state index in [1.165, 1.54) is 5.56 Å². The lowest BCUT2D eigenvalue weighted by Gasteiger charge is -2.30. The molecule has 0 unspecified atom stereocenters. The van der Waals surface area contributed by atoms with Crippen LogP contribution in [0.4, 0.5) is 0 Å². The summed E-state index contributed by atoms with van der Waals surface area (Å²) in [5.74, 6) is -0.650. The van der Waals surface area contributed by atoms with Crippen molar-refractivity contribution in [2.45, 2.75) is 12.2 Å². The van der Waals surface area contributed by atoms with Gasteiger partial charge in [-0.2, -0.15) is 0 Å². The van der Waals surface area contributed by atoms with Crippen molar-refractivity contribution < 1.29 is 13.9 Å². The highest BCUT2D eigenvalue weighted by Crippen LogP contribution is 2.18. The fourth-order valence-electron chi connectivity index (χ4n) is 1.52. The van der Waals surface area contributed by atoms with E-state index in [9.17, 15) is 0 Å². The molecule has 0 aromatic heterocycles. The minimum atomic E-state index is -0.650. The fourth-order valence-corrected chi connectivity index (χ4v) is 1.96. The van der Waals surface area contributed by atoms with Gasteiger partial charge in [-0.3, -0.25) is 0 Å². The fraction of sp³-hybridized carbons (Fsp3) is 0.455.